The van der Waals surface area contributed by atoms with E-state index in [9.17, 15) is 13.2 Å². The second-order valence-corrected chi connectivity index (χ2v) is 6.86. The molecular weight excluding hydrogens is 347 g/mol. The van der Waals surface area contributed by atoms with Gasteiger partial charge in [-0.2, -0.15) is 18.4 Å². The van der Waals surface area contributed by atoms with Crippen molar-refractivity contribution in [3.05, 3.63) is 59.7 Å². The number of nitrogens with zero attached hydrogens (tertiary/aromatic N) is 3. The maximum absolute atomic E-state index is 13.0. The van der Waals surface area contributed by atoms with Gasteiger partial charge in [0.15, 0.2) is 5.16 Å². The first-order valence-corrected chi connectivity index (χ1v) is 8.44. The Hall–Kier alpha value is -2.46. The van der Waals surface area contributed by atoms with Crippen molar-refractivity contribution >= 4 is 22.8 Å². The van der Waals surface area contributed by atoms with E-state index >= 15 is 0 Å². The van der Waals surface area contributed by atoms with E-state index in [2.05, 4.69) is 11.1 Å². The number of aromatic nitrogens is 2. The Bertz CT molecular complexity index is 926. The Morgan fingerprint density at radius 3 is 2.56 bits per heavy atom. The summed E-state index contributed by atoms with van der Waals surface area (Å²) < 4.78 is 40.7. The topological polar surface area (TPSA) is 41.6 Å². The van der Waals surface area contributed by atoms with Gasteiger partial charge in [0.1, 0.15) is 0 Å². The average molecular weight is 361 g/mol. The molecule has 25 heavy (non-hydrogen) atoms. The molecule has 1 unspecified atom stereocenters. The van der Waals surface area contributed by atoms with Gasteiger partial charge < -0.3 is 4.57 Å². The minimum atomic E-state index is -4.41. The first-order valence-electron chi connectivity index (χ1n) is 7.56. The predicted octanol–water partition coefficient (Wildman–Crippen LogP) is 5.11. The number of nitriles is 1. The highest BCUT2D eigenvalue weighted by molar-refractivity contribution is 8.00. The Labute approximate surface area is 147 Å². The molecule has 0 amide bonds. The molecule has 3 aromatic rings. The molecule has 1 atom stereocenters. The number of imidazole rings is 1. The number of hydrogen-bond acceptors (Lipinski definition) is 3. The Balaban J connectivity index is 2.10. The van der Waals surface area contributed by atoms with Gasteiger partial charge >= 0.3 is 6.18 Å². The molecule has 0 aliphatic heterocycles. The van der Waals surface area contributed by atoms with Crippen molar-refractivity contribution in [1.29, 1.82) is 5.26 Å². The molecule has 3 nitrogen and oxygen atoms in total. The number of rotatable bonds is 4. The highest BCUT2D eigenvalue weighted by Gasteiger charge is 2.31. The number of halogens is 3. The van der Waals surface area contributed by atoms with Gasteiger partial charge in [0.25, 0.3) is 0 Å². The molecule has 0 bridgehead atoms. The van der Waals surface area contributed by atoms with E-state index < -0.39 is 11.7 Å². The molecule has 0 saturated carbocycles. The lowest BCUT2D eigenvalue weighted by Gasteiger charge is -2.10. The van der Waals surface area contributed by atoms with E-state index in [1.165, 1.54) is 17.8 Å². The van der Waals surface area contributed by atoms with E-state index in [-0.39, 0.29) is 10.8 Å². The summed E-state index contributed by atoms with van der Waals surface area (Å²) in [6, 6.07) is 15.3. The molecule has 0 radical (unpaired) electrons. The lowest BCUT2D eigenvalue weighted by molar-refractivity contribution is -0.137. The van der Waals surface area contributed by atoms with Crippen LogP contribution in [0.2, 0.25) is 0 Å². The van der Waals surface area contributed by atoms with Crippen molar-refractivity contribution in [2.24, 2.45) is 0 Å². The van der Waals surface area contributed by atoms with Gasteiger partial charge in [0.05, 0.1) is 34.5 Å². The summed E-state index contributed by atoms with van der Waals surface area (Å²) in [7, 11) is 0. The molecule has 0 aliphatic rings. The molecule has 3 rings (SSSR count). The van der Waals surface area contributed by atoms with E-state index in [0.717, 1.165) is 17.7 Å². The van der Waals surface area contributed by atoms with Gasteiger partial charge in [-0.15, -0.1) is 0 Å². The fourth-order valence-electron chi connectivity index (χ4n) is 2.48. The zero-order valence-corrected chi connectivity index (χ0v) is 14.1. The second kappa shape index (κ2) is 6.81. The van der Waals surface area contributed by atoms with Gasteiger partial charge in [-0.05, 0) is 30.7 Å². The van der Waals surface area contributed by atoms with E-state index in [1.807, 2.05) is 34.9 Å². The van der Waals surface area contributed by atoms with Crippen LogP contribution in [0.15, 0.2) is 53.7 Å². The van der Waals surface area contributed by atoms with Crippen LogP contribution in [0, 0.1) is 11.3 Å². The summed E-state index contributed by atoms with van der Waals surface area (Å²) in [4.78, 5) is 4.35. The Morgan fingerprint density at radius 2 is 1.92 bits per heavy atom. The van der Waals surface area contributed by atoms with Crippen LogP contribution in [0.5, 0.6) is 0 Å². The van der Waals surface area contributed by atoms with Gasteiger partial charge in [-0.1, -0.05) is 42.1 Å². The SMILES string of the molecule is CC(C#N)Sc1nc2cc(C(F)(F)F)ccc2n1Cc1ccccc1. The average Bonchev–Trinajstić information content (AvgIpc) is 2.91. The zero-order chi connectivity index (χ0) is 18.0. The maximum Gasteiger partial charge on any atom is 0.416 e. The highest BCUT2D eigenvalue weighted by atomic mass is 32.2. The van der Waals surface area contributed by atoms with Crippen LogP contribution < -0.4 is 0 Å². The smallest absolute Gasteiger partial charge is 0.314 e. The number of benzene rings is 2. The Kier molecular flexibility index (Phi) is 4.73. The summed E-state index contributed by atoms with van der Waals surface area (Å²) in [5, 5.41) is 9.23. The summed E-state index contributed by atoms with van der Waals surface area (Å²) in [5.74, 6) is 0. The van der Waals surface area contributed by atoms with Gasteiger partial charge in [0.2, 0.25) is 0 Å². The van der Waals surface area contributed by atoms with Crippen LogP contribution in [0.1, 0.15) is 18.1 Å². The maximum atomic E-state index is 13.0. The molecular formula is C18H14F3N3S. The molecule has 7 heteroatoms. The number of thioether (sulfide) groups is 1. The fourth-order valence-corrected chi connectivity index (χ4v) is 3.29. The lowest BCUT2D eigenvalue weighted by atomic mass is 10.2. The van der Waals surface area contributed by atoms with Crippen molar-refractivity contribution in [2.45, 2.75) is 30.1 Å². The summed E-state index contributed by atoms with van der Waals surface area (Å²) in [6.45, 7) is 2.21. The third kappa shape index (κ3) is 3.80. The van der Waals surface area contributed by atoms with E-state index in [4.69, 9.17) is 5.26 Å². The molecule has 0 aliphatic carbocycles. The van der Waals surface area contributed by atoms with Crippen molar-refractivity contribution in [3.63, 3.8) is 0 Å². The molecule has 0 N–H and O–H groups in total. The molecule has 2 aromatic carbocycles. The number of hydrogen-bond donors (Lipinski definition) is 0. The molecule has 0 fully saturated rings. The van der Waals surface area contributed by atoms with E-state index in [0.29, 0.717) is 17.2 Å². The minimum Gasteiger partial charge on any atom is -0.314 e. The van der Waals surface area contributed by atoms with Crippen molar-refractivity contribution < 1.29 is 13.2 Å². The first-order chi connectivity index (χ1) is 11.9. The third-order valence-electron chi connectivity index (χ3n) is 3.69. The summed E-state index contributed by atoms with van der Waals surface area (Å²) >= 11 is 1.24. The van der Waals surface area contributed by atoms with Gasteiger partial charge in [0, 0.05) is 0 Å². The van der Waals surface area contributed by atoms with Crippen LogP contribution >= 0.6 is 11.8 Å². The minimum absolute atomic E-state index is 0.276. The summed E-state index contributed by atoms with van der Waals surface area (Å²) in [6.07, 6.45) is -4.41. The van der Waals surface area contributed by atoms with Crippen LogP contribution in [0.4, 0.5) is 13.2 Å². The molecule has 128 valence electrons. The molecule has 0 saturated heterocycles. The van der Waals surface area contributed by atoms with Gasteiger partial charge in [-0.25, -0.2) is 4.98 Å². The van der Waals surface area contributed by atoms with Crippen LogP contribution in [-0.4, -0.2) is 14.8 Å². The highest BCUT2D eigenvalue weighted by Crippen LogP contribution is 2.33. The Morgan fingerprint density at radius 1 is 1.20 bits per heavy atom. The fraction of sp³-hybridized carbons (Fsp3) is 0.222. The quantitative estimate of drug-likeness (QED) is 0.607. The first kappa shape index (κ1) is 17.4. The van der Waals surface area contributed by atoms with E-state index in [1.54, 1.807) is 6.92 Å². The van der Waals surface area contributed by atoms with Crippen molar-refractivity contribution in [2.75, 3.05) is 0 Å². The second-order valence-electron chi connectivity index (χ2n) is 5.56. The van der Waals surface area contributed by atoms with Crippen LogP contribution in [0.3, 0.4) is 0 Å². The van der Waals surface area contributed by atoms with Crippen molar-refractivity contribution in [3.8, 4) is 6.07 Å². The number of alkyl halides is 3. The largest absolute Gasteiger partial charge is 0.416 e. The molecule has 0 spiro atoms. The predicted molar refractivity (Wildman–Crippen MR) is 91.2 cm³/mol. The summed E-state index contributed by atoms with van der Waals surface area (Å²) in [5.41, 5.74) is 1.17. The number of fused-ring (bicyclic) bond motifs is 1. The van der Waals surface area contributed by atoms with Gasteiger partial charge in [-0.3, -0.25) is 0 Å². The van der Waals surface area contributed by atoms with Crippen molar-refractivity contribution in [1.82, 2.24) is 9.55 Å². The third-order valence-corrected chi connectivity index (χ3v) is 4.67. The molecule has 1 heterocycles. The van der Waals surface area contributed by atoms with Crippen LogP contribution in [0.25, 0.3) is 11.0 Å². The normalized spacial score (nSPS) is 12.9. The van der Waals surface area contributed by atoms with Crippen LogP contribution in [-0.2, 0) is 12.7 Å². The molecule has 1 aromatic heterocycles. The standard InChI is InChI=1S/C18H14F3N3S/c1-12(10-22)25-17-23-15-9-14(18(19,20)21)7-8-16(15)24(17)11-13-5-3-2-4-6-13/h2-9,12H,11H2,1H3. The zero-order valence-electron chi connectivity index (χ0n) is 13.3. The lowest BCUT2D eigenvalue weighted by Crippen LogP contribution is -2.05. The monoisotopic (exact) mass is 361 g/mol.